The second kappa shape index (κ2) is 8.34. The van der Waals surface area contributed by atoms with E-state index in [1.54, 1.807) is 19.2 Å². The molecule has 4 nitrogen and oxygen atoms in total. The first-order chi connectivity index (χ1) is 11.2. The van der Waals surface area contributed by atoms with Gasteiger partial charge in [0, 0.05) is 17.7 Å². The van der Waals surface area contributed by atoms with Crippen molar-refractivity contribution in [2.24, 2.45) is 0 Å². The van der Waals surface area contributed by atoms with Crippen LogP contribution in [0.15, 0.2) is 72.8 Å². The van der Waals surface area contributed by atoms with Gasteiger partial charge in [0.05, 0.1) is 12.0 Å². The molecule has 2 aromatic rings. The van der Waals surface area contributed by atoms with Crippen LogP contribution in [0.3, 0.4) is 0 Å². The summed E-state index contributed by atoms with van der Waals surface area (Å²) in [5, 5.41) is 10.6. The number of para-hydroxylation sites is 1. The van der Waals surface area contributed by atoms with Gasteiger partial charge in [-0.3, -0.25) is 10.1 Å². The molecule has 0 heterocycles. The highest BCUT2D eigenvalue weighted by Gasteiger charge is 2.01. The zero-order valence-electron chi connectivity index (χ0n) is 12.8. The summed E-state index contributed by atoms with van der Waals surface area (Å²) in [5.41, 5.74) is 2.02. The van der Waals surface area contributed by atoms with Gasteiger partial charge in [0.15, 0.2) is 0 Å². The van der Waals surface area contributed by atoms with E-state index in [0.717, 1.165) is 16.9 Å². The standard InChI is InChI=1S/C19H17NO3/c1-23-19-11-7-6-10-17(19)9-5-3-2-4-8-16-12-14-18(15-13-16)20(21)22/h2-15H,1H3/b3-2+,8-4+,9-5+. The first-order valence-corrected chi connectivity index (χ1v) is 7.09. The van der Waals surface area contributed by atoms with E-state index in [2.05, 4.69) is 0 Å². The lowest BCUT2D eigenvalue weighted by molar-refractivity contribution is -0.384. The number of non-ortho nitro benzene ring substituents is 1. The fourth-order valence-corrected chi connectivity index (χ4v) is 1.97. The van der Waals surface area contributed by atoms with Crippen molar-refractivity contribution in [2.45, 2.75) is 0 Å². The van der Waals surface area contributed by atoms with E-state index in [1.807, 2.05) is 60.7 Å². The normalized spacial score (nSPS) is 11.5. The van der Waals surface area contributed by atoms with Crippen molar-refractivity contribution in [1.82, 2.24) is 0 Å². The van der Waals surface area contributed by atoms with Crippen molar-refractivity contribution in [1.29, 1.82) is 0 Å². The lowest BCUT2D eigenvalue weighted by Crippen LogP contribution is -1.86. The number of rotatable bonds is 6. The zero-order valence-corrected chi connectivity index (χ0v) is 12.8. The number of allylic oxidation sites excluding steroid dienone is 4. The summed E-state index contributed by atoms with van der Waals surface area (Å²) in [6.45, 7) is 0. The Kier molecular flexibility index (Phi) is 5.89. The molecule has 0 amide bonds. The number of ether oxygens (including phenoxy) is 1. The van der Waals surface area contributed by atoms with E-state index in [9.17, 15) is 10.1 Å². The number of benzene rings is 2. The molecule has 23 heavy (non-hydrogen) atoms. The van der Waals surface area contributed by atoms with E-state index in [1.165, 1.54) is 12.1 Å². The molecule has 0 saturated heterocycles. The molecule has 0 aliphatic heterocycles. The maximum Gasteiger partial charge on any atom is 0.269 e. The second-order valence-electron chi connectivity index (χ2n) is 4.69. The number of nitro groups is 1. The Morgan fingerprint density at radius 2 is 1.57 bits per heavy atom. The van der Waals surface area contributed by atoms with Crippen molar-refractivity contribution in [3.05, 3.63) is 94.1 Å². The Morgan fingerprint density at radius 3 is 2.22 bits per heavy atom. The number of hydrogen-bond acceptors (Lipinski definition) is 3. The van der Waals surface area contributed by atoms with Gasteiger partial charge >= 0.3 is 0 Å². The summed E-state index contributed by atoms with van der Waals surface area (Å²) in [4.78, 5) is 10.2. The van der Waals surface area contributed by atoms with Crippen LogP contribution in [0, 0.1) is 10.1 Å². The number of nitro benzene ring substituents is 1. The molecule has 0 atom stereocenters. The van der Waals surface area contributed by atoms with Crippen LogP contribution in [0.4, 0.5) is 5.69 Å². The smallest absolute Gasteiger partial charge is 0.269 e. The SMILES string of the molecule is COc1ccccc1/C=C/C=C/C=C/c1ccc([N+](=O)[O-])cc1. The largest absolute Gasteiger partial charge is 0.496 e. The van der Waals surface area contributed by atoms with E-state index in [-0.39, 0.29) is 5.69 Å². The van der Waals surface area contributed by atoms with Crippen molar-refractivity contribution in [3.8, 4) is 5.75 Å². The van der Waals surface area contributed by atoms with Crippen LogP contribution in [-0.4, -0.2) is 12.0 Å². The quantitative estimate of drug-likeness (QED) is 0.434. The van der Waals surface area contributed by atoms with E-state index in [4.69, 9.17) is 4.74 Å². The molecule has 0 radical (unpaired) electrons. The Balaban J connectivity index is 1.93. The third kappa shape index (κ3) is 4.97. The minimum Gasteiger partial charge on any atom is -0.496 e. The Labute approximate surface area is 135 Å². The minimum atomic E-state index is -0.407. The third-order valence-electron chi connectivity index (χ3n) is 3.14. The monoisotopic (exact) mass is 307 g/mol. The summed E-state index contributed by atoms with van der Waals surface area (Å²) in [7, 11) is 1.65. The van der Waals surface area contributed by atoms with E-state index in [0.29, 0.717) is 0 Å². The molecule has 0 fully saturated rings. The van der Waals surface area contributed by atoms with Gasteiger partial charge in [0.2, 0.25) is 0 Å². The summed E-state index contributed by atoms with van der Waals surface area (Å²) < 4.78 is 5.27. The van der Waals surface area contributed by atoms with Crippen molar-refractivity contribution in [2.75, 3.05) is 7.11 Å². The molecular formula is C19H17NO3. The zero-order chi connectivity index (χ0) is 16.5. The molecule has 0 unspecified atom stereocenters. The fourth-order valence-electron chi connectivity index (χ4n) is 1.97. The number of hydrogen-bond donors (Lipinski definition) is 0. The van der Waals surface area contributed by atoms with Crippen LogP contribution in [0.1, 0.15) is 11.1 Å². The molecule has 4 heteroatoms. The van der Waals surface area contributed by atoms with Gasteiger partial charge < -0.3 is 4.74 Å². The van der Waals surface area contributed by atoms with Crippen LogP contribution >= 0.6 is 0 Å². The molecule has 0 N–H and O–H groups in total. The van der Waals surface area contributed by atoms with Crippen LogP contribution in [0.5, 0.6) is 5.75 Å². The lowest BCUT2D eigenvalue weighted by atomic mass is 10.2. The van der Waals surface area contributed by atoms with Crippen molar-refractivity contribution in [3.63, 3.8) is 0 Å². The third-order valence-corrected chi connectivity index (χ3v) is 3.14. The highest BCUT2D eigenvalue weighted by atomic mass is 16.6. The topological polar surface area (TPSA) is 52.4 Å². The maximum absolute atomic E-state index is 10.6. The van der Waals surface area contributed by atoms with Crippen LogP contribution in [0.2, 0.25) is 0 Å². The molecule has 116 valence electrons. The predicted molar refractivity (Wildman–Crippen MR) is 93.3 cm³/mol. The molecule has 0 aromatic heterocycles. The average molecular weight is 307 g/mol. The van der Waals surface area contributed by atoms with E-state index < -0.39 is 4.92 Å². The van der Waals surface area contributed by atoms with Gasteiger partial charge in [-0.25, -0.2) is 0 Å². The van der Waals surface area contributed by atoms with Gasteiger partial charge in [-0.1, -0.05) is 54.7 Å². The summed E-state index contributed by atoms with van der Waals surface area (Å²) in [5.74, 6) is 0.832. The molecule has 2 rings (SSSR count). The predicted octanol–water partition coefficient (Wildman–Crippen LogP) is 4.89. The number of nitrogens with zero attached hydrogens (tertiary/aromatic N) is 1. The molecule has 0 saturated carbocycles. The van der Waals surface area contributed by atoms with E-state index >= 15 is 0 Å². The Hall–Kier alpha value is -3.14. The highest BCUT2D eigenvalue weighted by Crippen LogP contribution is 2.18. The molecular weight excluding hydrogens is 290 g/mol. The minimum absolute atomic E-state index is 0.0948. The van der Waals surface area contributed by atoms with Gasteiger partial charge in [-0.05, 0) is 23.8 Å². The lowest BCUT2D eigenvalue weighted by Gasteiger charge is -2.02. The van der Waals surface area contributed by atoms with Crippen molar-refractivity contribution < 1.29 is 9.66 Å². The fraction of sp³-hybridized carbons (Fsp3) is 0.0526. The van der Waals surface area contributed by atoms with Crippen molar-refractivity contribution >= 4 is 17.8 Å². The molecule has 0 aliphatic carbocycles. The Bertz CT molecular complexity index is 743. The van der Waals surface area contributed by atoms with Crippen LogP contribution in [0.25, 0.3) is 12.2 Å². The average Bonchev–Trinajstić information content (AvgIpc) is 2.58. The first kappa shape index (κ1) is 16.2. The molecule has 2 aromatic carbocycles. The van der Waals surface area contributed by atoms with Gasteiger partial charge in [-0.2, -0.15) is 0 Å². The molecule has 0 bridgehead atoms. The Morgan fingerprint density at radius 1 is 0.913 bits per heavy atom. The summed E-state index contributed by atoms with van der Waals surface area (Å²) in [6.07, 6.45) is 11.5. The maximum atomic E-state index is 10.6. The summed E-state index contributed by atoms with van der Waals surface area (Å²) >= 11 is 0. The second-order valence-corrected chi connectivity index (χ2v) is 4.69. The molecule has 0 aliphatic rings. The van der Waals surface area contributed by atoms with Gasteiger partial charge in [0.1, 0.15) is 5.75 Å². The first-order valence-electron chi connectivity index (χ1n) is 7.09. The van der Waals surface area contributed by atoms with Crippen LogP contribution in [-0.2, 0) is 0 Å². The highest BCUT2D eigenvalue weighted by molar-refractivity contribution is 5.59. The van der Waals surface area contributed by atoms with Gasteiger partial charge in [0.25, 0.3) is 5.69 Å². The summed E-state index contributed by atoms with van der Waals surface area (Å²) in [6, 6.07) is 14.2. The number of methoxy groups -OCH3 is 1. The van der Waals surface area contributed by atoms with Gasteiger partial charge in [-0.15, -0.1) is 0 Å². The molecule has 0 spiro atoms. The van der Waals surface area contributed by atoms with Crippen LogP contribution < -0.4 is 4.74 Å².